The van der Waals surface area contributed by atoms with Crippen LogP contribution in [0.4, 0.5) is 4.79 Å². The van der Waals surface area contributed by atoms with E-state index in [-0.39, 0.29) is 24.2 Å². The molecule has 0 aliphatic carbocycles. The van der Waals surface area contributed by atoms with Crippen molar-refractivity contribution in [1.82, 2.24) is 14.7 Å². The predicted molar refractivity (Wildman–Crippen MR) is 107 cm³/mol. The van der Waals surface area contributed by atoms with Gasteiger partial charge < -0.3 is 14.5 Å². The summed E-state index contributed by atoms with van der Waals surface area (Å²) in [5.74, 6) is -0.573. The molecule has 8 nitrogen and oxygen atoms in total. The zero-order valence-electron chi connectivity index (χ0n) is 15.8. The lowest BCUT2D eigenvalue weighted by atomic mass is 10.1. The number of halogens is 1. The van der Waals surface area contributed by atoms with E-state index < -0.39 is 18.2 Å². The molecule has 1 aromatic rings. The second-order valence-corrected chi connectivity index (χ2v) is 7.80. The number of amidine groups is 1. The van der Waals surface area contributed by atoms with E-state index in [1.165, 1.54) is 21.6 Å². The van der Waals surface area contributed by atoms with Crippen LogP contribution in [0.3, 0.4) is 0 Å². The molecule has 0 aromatic heterocycles. The van der Waals surface area contributed by atoms with Crippen molar-refractivity contribution in [3.05, 3.63) is 34.9 Å². The zero-order valence-corrected chi connectivity index (χ0v) is 17.4. The van der Waals surface area contributed by atoms with Crippen molar-refractivity contribution in [2.24, 2.45) is 4.99 Å². The fraction of sp³-hybridized carbons (Fsp3) is 0.444. The van der Waals surface area contributed by atoms with Crippen molar-refractivity contribution in [2.45, 2.75) is 25.7 Å². The summed E-state index contributed by atoms with van der Waals surface area (Å²) in [6.45, 7) is 2.20. The molecule has 2 heterocycles. The number of carbonyl (C=O) groups is 3. The standard InChI is InChI=1S/C18H21ClN4O4S/c1-4-27-13(24)10-28-17-20-15-14(21(17)2)16(25)23(18(26)22(15)3)9-11-5-7-12(19)8-6-11/h5-8,14-15H,4,9-10H2,1-3H3. The normalized spacial score (nSPS) is 21.7. The van der Waals surface area contributed by atoms with Crippen LogP contribution in [0.25, 0.3) is 0 Å². The van der Waals surface area contributed by atoms with Gasteiger partial charge in [-0.2, -0.15) is 0 Å². The number of fused-ring (bicyclic) bond motifs is 1. The first kappa shape index (κ1) is 20.5. The average Bonchev–Trinajstić information content (AvgIpc) is 3.00. The summed E-state index contributed by atoms with van der Waals surface area (Å²) in [4.78, 5) is 46.3. The van der Waals surface area contributed by atoms with E-state index in [4.69, 9.17) is 16.3 Å². The highest BCUT2D eigenvalue weighted by Gasteiger charge is 2.51. The molecule has 1 saturated heterocycles. The summed E-state index contributed by atoms with van der Waals surface area (Å²) in [6, 6.07) is 5.97. The zero-order chi connectivity index (χ0) is 20.4. The Balaban J connectivity index is 1.75. The van der Waals surface area contributed by atoms with Gasteiger partial charge in [-0.25, -0.2) is 9.79 Å². The van der Waals surface area contributed by atoms with E-state index in [9.17, 15) is 14.4 Å². The fourth-order valence-corrected chi connectivity index (χ4v) is 4.08. The van der Waals surface area contributed by atoms with E-state index in [2.05, 4.69) is 4.99 Å². The van der Waals surface area contributed by atoms with Gasteiger partial charge >= 0.3 is 12.0 Å². The highest BCUT2D eigenvalue weighted by molar-refractivity contribution is 8.14. The maximum absolute atomic E-state index is 13.1. The second-order valence-electron chi connectivity index (χ2n) is 6.42. The molecular formula is C18H21ClN4O4S. The van der Waals surface area contributed by atoms with E-state index in [0.717, 1.165) is 5.56 Å². The van der Waals surface area contributed by atoms with Crippen LogP contribution in [0.5, 0.6) is 0 Å². The highest BCUT2D eigenvalue weighted by Crippen LogP contribution is 2.30. The van der Waals surface area contributed by atoms with Crippen LogP contribution in [-0.4, -0.2) is 76.4 Å². The van der Waals surface area contributed by atoms with Crippen LogP contribution in [0, 0.1) is 0 Å². The van der Waals surface area contributed by atoms with Gasteiger partial charge in [0.15, 0.2) is 17.4 Å². The molecule has 0 radical (unpaired) electrons. The first-order chi connectivity index (χ1) is 13.3. The lowest BCUT2D eigenvalue weighted by Gasteiger charge is -2.40. The van der Waals surface area contributed by atoms with Crippen LogP contribution >= 0.6 is 23.4 Å². The van der Waals surface area contributed by atoms with Gasteiger partial charge in [0.1, 0.15) is 0 Å². The van der Waals surface area contributed by atoms with Gasteiger partial charge in [0.25, 0.3) is 5.91 Å². The molecule has 0 N–H and O–H groups in total. The molecule has 2 atom stereocenters. The summed E-state index contributed by atoms with van der Waals surface area (Å²) in [6.07, 6.45) is -0.615. The maximum Gasteiger partial charge on any atom is 0.328 e. The largest absolute Gasteiger partial charge is 0.465 e. The molecule has 10 heteroatoms. The number of hydrogen-bond donors (Lipinski definition) is 0. The minimum absolute atomic E-state index is 0.0940. The van der Waals surface area contributed by atoms with Gasteiger partial charge in [0.2, 0.25) is 0 Å². The maximum atomic E-state index is 13.1. The number of likely N-dealkylation sites (N-methyl/N-ethyl adjacent to an activating group) is 2. The van der Waals surface area contributed by atoms with Crippen LogP contribution < -0.4 is 0 Å². The molecule has 0 saturated carbocycles. The van der Waals surface area contributed by atoms with Crippen LogP contribution in [-0.2, 0) is 20.9 Å². The number of benzene rings is 1. The summed E-state index contributed by atoms with van der Waals surface area (Å²) < 4.78 is 4.92. The number of amides is 3. The third-order valence-electron chi connectivity index (χ3n) is 4.57. The minimum Gasteiger partial charge on any atom is -0.465 e. The predicted octanol–water partition coefficient (Wildman–Crippen LogP) is 2.03. The molecule has 0 bridgehead atoms. The van der Waals surface area contributed by atoms with Gasteiger partial charge in [0.05, 0.1) is 18.9 Å². The molecule has 1 fully saturated rings. The Labute approximate surface area is 172 Å². The Bertz CT molecular complexity index is 816. The molecule has 28 heavy (non-hydrogen) atoms. The van der Waals surface area contributed by atoms with Crippen molar-refractivity contribution in [3.8, 4) is 0 Å². The molecule has 2 aliphatic heterocycles. The topological polar surface area (TPSA) is 82.5 Å². The number of hydrogen-bond acceptors (Lipinski definition) is 7. The third-order valence-corrected chi connectivity index (χ3v) is 5.85. The molecule has 1 aromatic carbocycles. The number of thioether (sulfide) groups is 1. The van der Waals surface area contributed by atoms with Gasteiger partial charge in [0, 0.05) is 19.1 Å². The van der Waals surface area contributed by atoms with E-state index in [0.29, 0.717) is 16.8 Å². The number of imide groups is 1. The first-order valence-electron chi connectivity index (χ1n) is 8.75. The Morgan fingerprint density at radius 1 is 1.21 bits per heavy atom. The minimum atomic E-state index is -0.625. The SMILES string of the molecule is CCOC(=O)CSC1=NC2C(C(=O)N(Cc3ccc(Cl)cc3)C(=O)N2C)N1C. The van der Waals surface area contributed by atoms with Gasteiger partial charge in [-0.05, 0) is 24.6 Å². The second kappa shape index (κ2) is 8.40. The quantitative estimate of drug-likeness (QED) is 0.672. The van der Waals surface area contributed by atoms with E-state index in [1.54, 1.807) is 50.2 Å². The van der Waals surface area contributed by atoms with Crippen LogP contribution in [0.2, 0.25) is 5.02 Å². The van der Waals surface area contributed by atoms with Crippen LogP contribution in [0.15, 0.2) is 29.3 Å². The Hall–Kier alpha value is -2.26. The Morgan fingerprint density at radius 2 is 1.89 bits per heavy atom. The number of rotatable bonds is 5. The number of esters is 1. The molecule has 3 rings (SSSR count). The summed E-state index contributed by atoms with van der Waals surface area (Å²) in [7, 11) is 3.36. The monoisotopic (exact) mass is 424 g/mol. The highest BCUT2D eigenvalue weighted by atomic mass is 35.5. The van der Waals surface area contributed by atoms with Crippen molar-refractivity contribution in [3.63, 3.8) is 0 Å². The molecule has 150 valence electrons. The molecule has 2 aliphatic rings. The molecule has 3 amide bonds. The number of nitrogens with zero attached hydrogens (tertiary/aromatic N) is 4. The van der Waals surface area contributed by atoms with E-state index in [1.807, 2.05) is 0 Å². The summed E-state index contributed by atoms with van der Waals surface area (Å²) in [5.41, 5.74) is 0.802. The van der Waals surface area contributed by atoms with Gasteiger partial charge in [-0.15, -0.1) is 0 Å². The number of urea groups is 1. The smallest absolute Gasteiger partial charge is 0.328 e. The number of carbonyl (C=O) groups excluding carboxylic acids is 3. The number of ether oxygens (including phenoxy) is 1. The lowest BCUT2D eigenvalue weighted by Crippen LogP contribution is -2.64. The van der Waals surface area contributed by atoms with Crippen LogP contribution in [0.1, 0.15) is 12.5 Å². The molecule has 2 unspecified atom stereocenters. The van der Waals surface area contributed by atoms with Gasteiger partial charge in [-0.3, -0.25) is 14.5 Å². The first-order valence-corrected chi connectivity index (χ1v) is 10.1. The Kier molecular flexibility index (Phi) is 6.14. The molecular weight excluding hydrogens is 404 g/mol. The average molecular weight is 425 g/mol. The molecule has 0 spiro atoms. The van der Waals surface area contributed by atoms with Crippen molar-refractivity contribution in [2.75, 3.05) is 26.5 Å². The lowest BCUT2D eigenvalue weighted by molar-refractivity contribution is -0.140. The van der Waals surface area contributed by atoms with E-state index >= 15 is 0 Å². The Morgan fingerprint density at radius 3 is 2.54 bits per heavy atom. The summed E-state index contributed by atoms with van der Waals surface area (Å²) >= 11 is 7.10. The fourth-order valence-electron chi connectivity index (χ4n) is 3.13. The summed E-state index contributed by atoms with van der Waals surface area (Å²) in [5, 5.41) is 1.12. The van der Waals surface area contributed by atoms with Crippen molar-refractivity contribution < 1.29 is 19.1 Å². The number of aliphatic imine (C=N–C) groups is 1. The van der Waals surface area contributed by atoms with Crippen molar-refractivity contribution >= 4 is 46.4 Å². The third kappa shape index (κ3) is 3.95. The van der Waals surface area contributed by atoms with Gasteiger partial charge in [-0.1, -0.05) is 35.5 Å². The van der Waals surface area contributed by atoms with Crippen molar-refractivity contribution in [1.29, 1.82) is 0 Å².